The van der Waals surface area contributed by atoms with Crippen molar-refractivity contribution >= 4 is 23.2 Å². The summed E-state index contributed by atoms with van der Waals surface area (Å²) in [4.78, 5) is 17.2. The van der Waals surface area contributed by atoms with Gasteiger partial charge in [0.15, 0.2) is 0 Å². The molecule has 0 radical (unpaired) electrons. The lowest BCUT2D eigenvalue weighted by Gasteiger charge is -2.17. The van der Waals surface area contributed by atoms with E-state index in [0.29, 0.717) is 23.1 Å². The summed E-state index contributed by atoms with van der Waals surface area (Å²) in [6.45, 7) is 2.51. The van der Waals surface area contributed by atoms with Gasteiger partial charge in [-0.05, 0) is 35.7 Å². The Kier molecular flexibility index (Phi) is 5.45. The first-order valence-electron chi connectivity index (χ1n) is 9.35. The summed E-state index contributed by atoms with van der Waals surface area (Å²) >= 11 is 6.26. The Hall–Kier alpha value is -3.37. The number of nitrogens with one attached hydrogen (secondary N) is 1. The molecule has 0 aliphatic carbocycles. The smallest absolute Gasteiger partial charge is 0.282 e. The first kappa shape index (κ1) is 19.0. The summed E-state index contributed by atoms with van der Waals surface area (Å²) in [6, 6.07) is 25.3. The fourth-order valence-electron chi connectivity index (χ4n) is 3.17. The van der Waals surface area contributed by atoms with Crippen LogP contribution in [-0.4, -0.2) is 9.55 Å². The average Bonchev–Trinajstić information content (AvgIpc) is 2.74. The molecule has 0 bridgehead atoms. The molecular weight excluding hydrogens is 382 g/mol. The van der Waals surface area contributed by atoms with Crippen LogP contribution in [0.3, 0.4) is 0 Å². The zero-order chi connectivity index (χ0) is 20.2. The molecule has 144 valence electrons. The third-order valence-corrected chi connectivity index (χ3v) is 5.20. The number of aromatic nitrogens is 2. The fourth-order valence-corrected chi connectivity index (χ4v) is 3.35. The number of hydrogen-bond acceptors (Lipinski definition) is 3. The van der Waals surface area contributed by atoms with Gasteiger partial charge in [0.1, 0.15) is 0 Å². The van der Waals surface area contributed by atoms with Crippen molar-refractivity contribution in [1.29, 1.82) is 0 Å². The number of anilines is 2. The van der Waals surface area contributed by atoms with Crippen LogP contribution in [0.1, 0.15) is 11.1 Å². The van der Waals surface area contributed by atoms with Crippen molar-refractivity contribution in [1.82, 2.24) is 9.55 Å². The summed E-state index contributed by atoms with van der Waals surface area (Å²) in [6.07, 6.45) is 1.86. The highest BCUT2D eigenvalue weighted by molar-refractivity contribution is 6.31. The van der Waals surface area contributed by atoms with Gasteiger partial charge in [-0.2, -0.15) is 4.98 Å². The van der Waals surface area contributed by atoms with Crippen LogP contribution >= 0.6 is 11.6 Å². The highest BCUT2D eigenvalue weighted by atomic mass is 35.5. The Morgan fingerprint density at radius 1 is 0.931 bits per heavy atom. The summed E-state index contributed by atoms with van der Waals surface area (Å²) in [5, 5.41) is 3.95. The van der Waals surface area contributed by atoms with Gasteiger partial charge in [0, 0.05) is 16.9 Å². The highest BCUT2D eigenvalue weighted by Gasteiger charge is 2.12. The molecule has 4 rings (SSSR count). The molecule has 1 heterocycles. The summed E-state index contributed by atoms with van der Waals surface area (Å²) in [5.74, 6) is 0.476. The van der Waals surface area contributed by atoms with Crippen LogP contribution in [0.4, 0.5) is 11.6 Å². The summed E-state index contributed by atoms with van der Waals surface area (Å²) in [7, 11) is 0. The second-order valence-electron chi connectivity index (χ2n) is 6.80. The third kappa shape index (κ3) is 4.23. The van der Waals surface area contributed by atoms with Crippen molar-refractivity contribution in [2.24, 2.45) is 0 Å². The molecule has 29 heavy (non-hydrogen) atoms. The minimum atomic E-state index is -0.275. The van der Waals surface area contributed by atoms with E-state index >= 15 is 0 Å². The van der Waals surface area contributed by atoms with E-state index in [1.54, 1.807) is 0 Å². The molecule has 1 N–H and O–H groups in total. The normalized spacial score (nSPS) is 10.7. The van der Waals surface area contributed by atoms with E-state index in [9.17, 15) is 4.79 Å². The van der Waals surface area contributed by atoms with Crippen LogP contribution < -0.4 is 10.9 Å². The topological polar surface area (TPSA) is 46.9 Å². The van der Waals surface area contributed by atoms with Crippen molar-refractivity contribution in [3.05, 3.63) is 112 Å². The van der Waals surface area contributed by atoms with Crippen LogP contribution in [-0.2, 0) is 6.54 Å². The van der Waals surface area contributed by atoms with Crippen molar-refractivity contribution in [2.75, 3.05) is 5.32 Å². The average molecular weight is 402 g/mol. The molecule has 1 aromatic heterocycles. The van der Waals surface area contributed by atoms with Crippen LogP contribution in [0.25, 0.3) is 11.1 Å². The van der Waals surface area contributed by atoms with E-state index in [-0.39, 0.29) is 5.56 Å². The molecular formula is C24H20ClN3O. The lowest BCUT2D eigenvalue weighted by atomic mass is 10.1. The van der Waals surface area contributed by atoms with Gasteiger partial charge in [-0.1, -0.05) is 78.3 Å². The molecule has 0 amide bonds. The predicted molar refractivity (Wildman–Crippen MR) is 119 cm³/mol. The molecule has 0 atom stereocenters. The number of halogens is 1. The first-order valence-corrected chi connectivity index (χ1v) is 9.72. The SMILES string of the molecule is Cc1c(Cl)cccc1Nc1nc(=O)c(-c2ccccc2)cn1Cc1ccccc1. The highest BCUT2D eigenvalue weighted by Crippen LogP contribution is 2.26. The van der Waals surface area contributed by atoms with Crippen molar-refractivity contribution in [3.8, 4) is 11.1 Å². The molecule has 0 aliphatic rings. The molecule has 0 spiro atoms. The summed E-state index contributed by atoms with van der Waals surface area (Å²) < 4.78 is 1.96. The van der Waals surface area contributed by atoms with Crippen molar-refractivity contribution in [3.63, 3.8) is 0 Å². The van der Waals surface area contributed by atoms with Crippen LogP contribution in [0.15, 0.2) is 89.9 Å². The molecule has 4 nitrogen and oxygen atoms in total. The van der Waals surface area contributed by atoms with E-state index < -0.39 is 0 Å². The first-order chi connectivity index (χ1) is 14.1. The quantitative estimate of drug-likeness (QED) is 0.469. The predicted octanol–water partition coefficient (Wildman–Crippen LogP) is 5.66. The Morgan fingerprint density at radius 2 is 1.62 bits per heavy atom. The Bertz CT molecular complexity index is 1190. The molecule has 3 aromatic carbocycles. The number of hydrogen-bond donors (Lipinski definition) is 1. The van der Waals surface area contributed by atoms with Gasteiger partial charge in [-0.15, -0.1) is 0 Å². The maximum Gasteiger partial charge on any atom is 0.282 e. The zero-order valence-electron chi connectivity index (χ0n) is 16.0. The molecule has 5 heteroatoms. The third-order valence-electron chi connectivity index (χ3n) is 4.79. The van der Waals surface area contributed by atoms with Gasteiger partial charge in [-0.25, -0.2) is 0 Å². The van der Waals surface area contributed by atoms with Gasteiger partial charge in [-0.3, -0.25) is 4.79 Å². The Labute approximate surface area is 174 Å². The van der Waals surface area contributed by atoms with Gasteiger partial charge in [0.05, 0.1) is 12.1 Å². The largest absolute Gasteiger partial charge is 0.325 e. The van der Waals surface area contributed by atoms with E-state index in [0.717, 1.165) is 22.4 Å². The number of nitrogens with zero attached hydrogens (tertiary/aromatic N) is 2. The van der Waals surface area contributed by atoms with Crippen molar-refractivity contribution < 1.29 is 0 Å². The number of benzene rings is 3. The fraction of sp³-hybridized carbons (Fsp3) is 0.0833. The molecule has 0 aliphatic heterocycles. The van der Waals surface area contributed by atoms with E-state index in [1.165, 1.54) is 0 Å². The minimum absolute atomic E-state index is 0.275. The maximum absolute atomic E-state index is 12.8. The summed E-state index contributed by atoms with van der Waals surface area (Å²) in [5.41, 5.74) is 3.97. The Morgan fingerprint density at radius 3 is 2.34 bits per heavy atom. The van der Waals surface area contributed by atoms with Gasteiger partial charge in [0.2, 0.25) is 5.95 Å². The second kappa shape index (κ2) is 8.33. The van der Waals surface area contributed by atoms with Crippen molar-refractivity contribution in [2.45, 2.75) is 13.5 Å². The zero-order valence-corrected chi connectivity index (χ0v) is 16.7. The molecule has 0 fully saturated rings. The van der Waals surface area contributed by atoms with E-state index in [2.05, 4.69) is 22.4 Å². The molecule has 4 aromatic rings. The Balaban J connectivity index is 1.81. The molecule has 0 saturated carbocycles. The van der Waals surface area contributed by atoms with Crippen LogP contribution in [0.2, 0.25) is 5.02 Å². The molecule has 0 unspecified atom stereocenters. The van der Waals surface area contributed by atoms with E-state index in [1.807, 2.05) is 84.4 Å². The second-order valence-corrected chi connectivity index (χ2v) is 7.21. The monoisotopic (exact) mass is 401 g/mol. The standard InChI is InChI=1S/C24H20ClN3O/c1-17-21(25)13-8-14-22(17)26-24-27-23(29)20(19-11-6-3-7-12-19)16-28(24)15-18-9-4-2-5-10-18/h2-14,16H,15H2,1H3,(H,26,27,29). The van der Waals surface area contributed by atoms with Crippen LogP contribution in [0, 0.1) is 6.92 Å². The maximum atomic E-state index is 12.8. The molecule has 0 saturated heterocycles. The van der Waals surface area contributed by atoms with Crippen LogP contribution in [0.5, 0.6) is 0 Å². The minimum Gasteiger partial charge on any atom is -0.325 e. The number of rotatable bonds is 5. The van der Waals surface area contributed by atoms with Gasteiger partial charge >= 0.3 is 0 Å². The lowest BCUT2D eigenvalue weighted by Crippen LogP contribution is -2.19. The van der Waals surface area contributed by atoms with Gasteiger partial charge < -0.3 is 9.88 Å². The lowest BCUT2D eigenvalue weighted by molar-refractivity contribution is 0.775. The van der Waals surface area contributed by atoms with Gasteiger partial charge in [0.25, 0.3) is 5.56 Å². The van der Waals surface area contributed by atoms with E-state index in [4.69, 9.17) is 11.6 Å².